The van der Waals surface area contributed by atoms with Crippen LogP contribution in [-0.2, 0) is 17.7 Å². The zero-order valence-corrected chi connectivity index (χ0v) is 17.7. The Hall–Kier alpha value is -2.60. The summed E-state index contributed by atoms with van der Waals surface area (Å²) in [5.41, 5.74) is 4.79. The zero-order chi connectivity index (χ0) is 20.5. The second kappa shape index (κ2) is 10.8. The standard InChI is InChI=1S/C23H32N4O2/c1-4-25-23(26-11-8-19-7-10-24-14-18(19)3)27-15-20-6-5-17(2)13-22(20)29-21-9-12-28-16-21/h5-7,10,13-14,21H,4,8-9,11-12,15-16H2,1-3H3,(H2,25,26,27). The van der Waals surface area contributed by atoms with Gasteiger partial charge in [-0.05, 0) is 56.0 Å². The third-order valence-electron chi connectivity index (χ3n) is 4.98. The number of aryl methyl sites for hydroxylation is 2. The van der Waals surface area contributed by atoms with Gasteiger partial charge >= 0.3 is 0 Å². The summed E-state index contributed by atoms with van der Waals surface area (Å²) < 4.78 is 11.6. The Morgan fingerprint density at radius 1 is 1.24 bits per heavy atom. The third kappa shape index (κ3) is 6.46. The summed E-state index contributed by atoms with van der Waals surface area (Å²) in [6.07, 6.45) is 5.75. The minimum Gasteiger partial charge on any atom is -0.488 e. The maximum atomic E-state index is 6.19. The van der Waals surface area contributed by atoms with Gasteiger partial charge in [0.2, 0.25) is 0 Å². The second-order valence-corrected chi connectivity index (χ2v) is 7.39. The van der Waals surface area contributed by atoms with Crippen LogP contribution in [0.15, 0.2) is 41.7 Å². The van der Waals surface area contributed by atoms with E-state index in [4.69, 9.17) is 14.5 Å². The third-order valence-corrected chi connectivity index (χ3v) is 4.98. The average molecular weight is 397 g/mol. The lowest BCUT2D eigenvalue weighted by Crippen LogP contribution is -2.38. The number of hydrogen-bond donors (Lipinski definition) is 2. The fourth-order valence-corrected chi connectivity index (χ4v) is 3.29. The molecule has 2 aromatic rings. The number of nitrogens with one attached hydrogen (secondary N) is 2. The molecular formula is C23H32N4O2. The molecule has 1 aromatic carbocycles. The van der Waals surface area contributed by atoms with Crippen LogP contribution >= 0.6 is 0 Å². The van der Waals surface area contributed by atoms with Gasteiger partial charge in [0, 0.05) is 37.5 Å². The molecule has 6 heteroatoms. The summed E-state index contributed by atoms with van der Waals surface area (Å²) in [5.74, 6) is 1.72. The molecule has 0 aliphatic carbocycles. The molecule has 1 fully saturated rings. The SMILES string of the molecule is CCNC(=NCc1ccc(C)cc1OC1CCOC1)NCCc1ccncc1C. The van der Waals surface area contributed by atoms with Gasteiger partial charge in [-0.25, -0.2) is 4.99 Å². The van der Waals surface area contributed by atoms with Gasteiger partial charge in [0.1, 0.15) is 11.9 Å². The molecule has 1 unspecified atom stereocenters. The van der Waals surface area contributed by atoms with E-state index in [1.165, 1.54) is 16.7 Å². The van der Waals surface area contributed by atoms with Gasteiger partial charge in [-0.3, -0.25) is 4.98 Å². The lowest BCUT2D eigenvalue weighted by Gasteiger charge is -2.16. The van der Waals surface area contributed by atoms with Gasteiger partial charge in [-0.1, -0.05) is 12.1 Å². The Balaban J connectivity index is 1.62. The molecule has 0 amide bonds. The first-order chi connectivity index (χ1) is 14.2. The average Bonchev–Trinajstić information content (AvgIpc) is 3.22. The smallest absolute Gasteiger partial charge is 0.191 e. The van der Waals surface area contributed by atoms with Crippen molar-refractivity contribution in [3.8, 4) is 5.75 Å². The Morgan fingerprint density at radius 3 is 2.90 bits per heavy atom. The van der Waals surface area contributed by atoms with Crippen molar-refractivity contribution >= 4 is 5.96 Å². The molecule has 1 aromatic heterocycles. The van der Waals surface area contributed by atoms with Crippen molar-refractivity contribution in [1.82, 2.24) is 15.6 Å². The quantitative estimate of drug-likeness (QED) is 0.530. The highest BCUT2D eigenvalue weighted by Crippen LogP contribution is 2.24. The number of ether oxygens (including phenoxy) is 2. The van der Waals surface area contributed by atoms with Crippen molar-refractivity contribution in [3.63, 3.8) is 0 Å². The van der Waals surface area contributed by atoms with Crippen LogP contribution in [0.5, 0.6) is 5.75 Å². The molecule has 1 atom stereocenters. The van der Waals surface area contributed by atoms with Gasteiger partial charge in [-0.2, -0.15) is 0 Å². The summed E-state index contributed by atoms with van der Waals surface area (Å²) in [6, 6.07) is 8.38. The molecule has 1 saturated heterocycles. The Bertz CT molecular complexity index is 816. The minimum atomic E-state index is 0.134. The molecule has 0 saturated carbocycles. The van der Waals surface area contributed by atoms with Crippen molar-refractivity contribution in [2.45, 2.75) is 46.3 Å². The highest BCUT2D eigenvalue weighted by molar-refractivity contribution is 5.79. The van der Waals surface area contributed by atoms with Crippen molar-refractivity contribution in [1.29, 1.82) is 0 Å². The normalized spacial score (nSPS) is 16.7. The Kier molecular flexibility index (Phi) is 7.87. The fraction of sp³-hybridized carbons (Fsp3) is 0.478. The van der Waals surface area contributed by atoms with Gasteiger partial charge < -0.3 is 20.1 Å². The lowest BCUT2D eigenvalue weighted by molar-refractivity contribution is 0.140. The van der Waals surface area contributed by atoms with Gasteiger partial charge in [0.05, 0.1) is 19.8 Å². The van der Waals surface area contributed by atoms with Crippen LogP contribution in [0.4, 0.5) is 0 Å². The van der Waals surface area contributed by atoms with Crippen LogP contribution in [0.25, 0.3) is 0 Å². The number of nitrogens with zero attached hydrogens (tertiary/aromatic N) is 2. The van der Waals surface area contributed by atoms with Gasteiger partial charge in [0.25, 0.3) is 0 Å². The molecule has 2 heterocycles. The molecule has 1 aliphatic rings. The van der Waals surface area contributed by atoms with E-state index >= 15 is 0 Å². The molecule has 29 heavy (non-hydrogen) atoms. The van der Waals surface area contributed by atoms with Gasteiger partial charge in [-0.15, -0.1) is 0 Å². The molecule has 2 N–H and O–H groups in total. The molecule has 0 radical (unpaired) electrons. The molecule has 6 nitrogen and oxygen atoms in total. The first kappa shape index (κ1) is 21.1. The molecule has 3 rings (SSSR count). The number of guanidine groups is 1. The van der Waals surface area contributed by atoms with E-state index in [1.807, 2.05) is 12.4 Å². The van der Waals surface area contributed by atoms with Gasteiger partial charge in [0.15, 0.2) is 5.96 Å². The molecule has 0 bridgehead atoms. The Morgan fingerprint density at radius 2 is 2.14 bits per heavy atom. The summed E-state index contributed by atoms with van der Waals surface area (Å²) in [6.45, 7) is 9.88. The summed E-state index contributed by atoms with van der Waals surface area (Å²) in [4.78, 5) is 8.93. The molecule has 0 spiro atoms. The number of aliphatic imine (C=N–C) groups is 1. The van der Waals surface area contributed by atoms with Crippen molar-refractivity contribution in [2.24, 2.45) is 4.99 Å². The van der Waals surface area contributed by atoms with E-state index < -0.39 is 0 Å². The van der Waals surface area contributed by atoms with Crippen LogP contribution in [0.3, 0.4) is 0 Å². The van der Waals surface area contributed by atoms with E-state index in [0.29, 0.717) is 13.2 Å². The fourth-order valence-electron chi connectivity index (χ4n) is 3.29. The molecule has 156 valence electrons. The maximum absolute atomic E-state index is 6.19. The molecular weight excluding hydrogens is 364 g/mol. The largest absolute Gasteiger partial charge is 0.488 e. The maximum Gasteiger partial charge on any atom is 0.191 e. The van der Waals surface area contributed by atoms with Crippen molar-refractivity contribution in [3.05, 3.63) is 58.9 Å². The zero-order valence-electron chi connectivity index (χ0n) is 17.7. The number of hydrogen-bond acceptors (Lipinski definition) is 4. The highest BCUT2D eigenvalue weighted by atomic mass is 16.5. The number of benzene rings is 1. The van der Waals surface area contributed by atoms with Crippen molar-refractivity contribution < 1.29 is 9.47 Å². The van der Waals surface area contributed by atoms with Crippen LogP contribution in [0.2, 0.25) is 0 Å². The van der Waals surface area contributed by atoms with E-state index in [2.05, 4.69) is 60.7 Å². The number of rotatable bonds is 8. The van der Waals surface area contributed by atoms with Crippen LogP contribution in [0.1, 0.15) is 35.6 Å². The first-order valence-electron chi connectivity index (χ1n) is 10.4. The topological polar surface area (TPSA) is 67.8 Å². The predicted octanol–water partition coefficient (Wildman–Crippen LogP) is 3.16. The summed E-state index contributed by atoms with van der Waals surface area (Å²) in [7, 11) is 0. The monoisotopic (exact) mass is 396 g/mol. The number of aromatic nitrogens is 1. The second-order valence-electron chi connectivity index (χ2n) is 7.39. The summed E-state index contributed by atoms with van der Waals surface area (Å²) >= 11 is 0. The van der Waals surface area contributed by atoms with Crippen LogP contribution in [0, 0.1) is 13.8 Å². The summed E-state index contributed by atoms with van der Waals surface area (Å²) in [5, 5.41) is 6.75. The van der Waals surface area contributed by atoms with Crippen LogP contribution < -0.4 is 15.4 Å². The van der Waals surface area contributed by atoms with E-state index in [1.54, 1.807) is 0 Å². The molecule has 1 aliphatic heterocycles. The highest BCUT2D eigenvalue weighted by Gasteiger charge is 2.18. The van der Waals surface area contributed by atoms with Crippen LogP contribution in [-0.4, -0.2) is 43.4 Å². The first-order valence-corrected chi connectivity index (χ1v) is 10.4. The predicted molar refractivity (Wildman–Crippen MR) is 117 cm³/mol. The number of pyridine rings is 1. The van der Waals surface area contributed by atoms with E-state index in [9.17, 15) is 0 Å². The van der Waals surface area contributed by atoms with E-state index in [-0.39, 0.29) is 6.10 Å². The van der Waals surface area contributed by atoms with E-state index in [0.717, 1.165) is 49.8 Å². The Labute approximate surface area is 173 Å². The minimum absolute atomic E-state index is 0.134. The lowest BCUT2D eigenvalue weighted by atomic mass is 10.1. The van der Waals surface area contributed by atoms with Crippen molar-refractivity contribution in [2.75, 3.05) is 26.3 Å².